The second-order valence-electron chi connectivity index (χ2n) is 4.65. The number of aliphatic hydroxyl groups excluding tert-OH is 1. The molecule has 0 saturated heterocycles. The number of benzene rings is 2. The topological polar surface area (TPSA) is 50.7 Å². The van der Waals surface area contributed by atoms with Gasteiger partial charge < -0.3 is 19.9 Å². The Morgan fingerprint density at radius 2 is 1.67 bits per heavy atom. The number of hydrogen-bond donors (Lipinski definition) is 2. The minimum absolute atomic E-state index is 0.493. The van der Waals surface area contributed by atoms with E-state index in [-0.39, 0.29) is 0 Å². The Kier molecular flexibility index (Phi) is 6.06. The monoisotopic (exact) mass is 287 g/mol. The summed E-state index contributed by atoms with van der Waals surface area (Å²) >= 11 is 0. The Balaban J connectivity index is 1.63. The van der Waals surface area contributed by atoms with Crippen molar-refractivity contribution >= 4 is 0 Å². The van der Waals surface area contributed by atoms with E-state index in [4.69, 9.17) is 9.47 Å². The van der Waals surface area contributed by atoms with E-state index in [0.29, 0.717) is 19.7 Å². The Bertz CT molecular complexity index is 513. The molecule has 0 radical (unpaired) electrons. The van der Waals surface area contributed by atoms with E-state index in [1.54, 1.807) is 7.11 Å². The lowest BCUT2D eigenvalue weighted by Gasteiger charge is -2.12. The molecule has 0 fully saturated rings. The molecule has 0 heterocycles. The number of hydrogen-bond acceptors (Lipinski definition) is 4. The van der Waals surface area contributed by atoms with Crippen LogP contribution < -0.4 is 14.8 Å². The quantitative estimate of drug-likeness (QED) is 0.732. The van der Waals surface area contributed by atoms with E-state index in [0.717, 1.165) is 17.1 Å². The lowest BCUT2D eigenvalue weighted by molar-refractivity contribution is 0.172. The molecule has 0 amide bonds. The van der Waals surface area contributed by atoms with Crippen molar-refractivity contribution < 1.29 is 14.6 Å². The summed E-state index contributed by atoms with van der Waals surface area (Å²) in [4.78, 5) is 0. The molecule has 4 nitrogen and oxygen atoms in total. The van der Waals surface area contributed by atoms with Crippen LogP contribution in [0.1, 0.15) is 11.7 Å². The van der Waals surface area contributed by atoms with E-state index >= 15 is 0 Å². The molecule has 21 heavy (non-hydrogen) atoms. The average molecular weight is 287 g/mol. The highest BCUT2D eigenvalue weighted by molar-refractivity contribution is 5.31. The van der Waals surface area contributed by atoms with Crippen molar-refractivity contribution in [3.63, 3.8) is 0 Å². The van der Waals surface area contributed by atoms with Crippen molar-refractivity contribution in [2.24, 2.45) is 0 Å². The van der Waals surface area contributed by atoms with Crippen LogP contribution in [0.25, 0.3) is 0 Å². The molecule has 112 valence electrons. The normalized spacial score (nSPS) is 11.9. The zero-order chi connectivity index (χ0) is 14.9. The Hall–Kier alpha value is -2.04. The zero-order valence-electron chi connectivity index (χ0n) is 12.2. The van der Waals surface area contributed by atoms with Gasteiger partial charge in [0.2, 0.25) is 0 Å². The van der Waals surface area contributed by atoms with Gasteiger partial charge in [-0.25, -0.2) is 0 Å². The van der Waals surface area contributed by atoms with Crippen molar-refractivity contribution in [2.45, 2.75) is 6.10 Å². The van der Waals surface area contributed by atoms with Gasteiger partial charge in [0.1, 0.15) is 18.1 Å². The van der Waals surface area contributed by atoms with Crippen LogP contribution in [-0.2, 0) is 0 Å². The Labute approximate surface area is 125 Å². The number of ether oxygens (including phenoxy) is 2. The van der Waals surface area contributed by atoms with Crippen molar-refractivity contribution in [1.82, 2.24) is 5.32 Å². The molecule has 2 aromatic carbocycles. The molecule has 0 spiro atoms. The third-order valence-electron chi connectivity index (χ3n) is 3.13. The molecule has 0 aromatic heterocycles. The SMILES string of the molecule is COc1ccc(OCCNCC(O)c2ccccc2)cc1. The van der Waals surface area contributed by atoms with Gasteiger partial charge in [-0.15, -0.1) is 0 Å². The van der Waals surface area contributed by atoms with Crippen LogP contribution in [-0.4, -0.2) is 31.9 Å². The summed E-state index contributed by atoms with van der Waals surface area (Å²) in [5.74, 6) is 1.62. The number of methoxy groups -OCH3 is 1. The van der Waals surface area contributed by atoms with Crippen LogP contribution in [0.3, 0.4) is 0 Å². The van der Waals surface area contributed by atoms with Gasteiger partial charge in [0.25, 0.3) is 0 Å². The summed E-state index contributed by atoms with van der Waals surface area (Å²) in [6, 6.07) is 17.1. The van der Waals surface area contributed by atoms with Crippen LogP contribution in [0.2, 0.25) is 0 Å². The highest BCUT2D eigenvalue weighted by Crippen LogP contribution is 2.16. The molecule has 2 rings (SSSR count). The lowest BCUT2D eigenvalue weighted by atomic mass is 10.1. The molecular weight excluding hydrogens is 266 g/mol. The summed E-state index contributed by atoms with van der Waals surface area (Å²) in [6.45, 7) is 1.74. The molecule has 0 aliphatic rings. The minimum Gasteiger partial charge on any atom is -0.497 e. The summed E-state index contributed by atoms with van der Waals surface area (Å²) in [5.41, 5.74) is 0.918. The molecule has 1 atom stereocenters. The summed E-state index contributed by atoms with van der Waals surface area (Å²) in [7, 11) is 1.64. The molecule has 4 heteroatoms. The van der Waals surface area contributed by atoms with E-state index in [1.165, 1.54) is 0 Å². The van der Waals surface area contributed by atoms with Gasteiger partial charge >= 0.3 is 0 Å². The molecule has 0 aliphatic heterocycles. The third kappa shape index (κ3) is 5.10. The van der Waals surface area contributed by atoms with Gasteiger partial charge in [-0.2, -0.15) is 0 Å². The molecule has 0 bridgehead atoms. The maximum absolute atomic E-state index is 9.98. The molecule has 2 aromatic rings. The van der Waals surface area contributed by atoms with Crippen molar-refractivity contribution in [1.29, 1.82) is 0 Å². The summed E-state index contributed by atoms with van der Waals surface area (Å²) in [5, 5.41) is 13.2. The largest absolute Gasteiger partial charge is 0.497 e. The van der Waals surface area contributed by atoms with Crippen molar-refractivity contribution in [2.75, 3.05) is 26.8 Å². The van der Waals surface area contributed by atoms with E-state index < -0.39 is 6.10 Å². The van der Waals surface area contributed by atoms with Gasteiger partial charge in [0.15, 0.2) is 0 Å². The summed E-state index contributed by atoms with van der Waals surface area (Å²) in [6.07, 6.45) is -0.493. The second-order valence-corrected chi connectivity index (χ2v) is 4.65. The maximum atomic E-state index is 9.98. The first-order chi connectivity index (χ1) is 10.3. The van der Waals surface area contributed by atoms with Crippen LogP contribution in [0.15, 0.2) is 54.6 Å². The van der Waals surface area contributed by atoms with Gasteiger partial charge in [-0.3, -0.25) is 0 Å². The predicted molar refractivity (Wildman–Crippen MR) is 82.8 cm³/mol. The van der Waals surface area contributed by atoms with Crippen LogP contribution >= 0.6 is 0 Å². The number of rotatable bonds is 8. The van der Waals surface area contributed by atoms with Crippen molar-refractivity contribution in [3.05, 3.63) is 60.2 Å². The van der Waals surface area contributed by atoms with Crippen LogP contribution in [0.5, 0.6) is 11.5 Å². The molecule has 1 unspecified atom stereocenters. The highest BCUT2D eigenvalue weighted by atomic mass is 16.5. The minimum atomic E-state index is -0.493. The number of aliphatic hydroxyl groups is 1. The van der Waals surface area contributed by atoms with Gasteiger partial charge in [0.05, 0.1) is 13.2 Å². The highest BCUT2D eigenvalue weighted by Gasteiger charge is 2.05. The first-order valence-electron chi connectivity index (χ1n) is 7.00. The zero-order valence-corrected chi connectivity index (χ0v) is 12.2. The maximum Gasteiger partial charge on any atom is 0.119 e. The predicted octanol–water partition coefficient (Wildman–Crippen LogP) is 2.40. The third-order valence-corrected chi connectivity index (χ3v) is 3.13. The molecule has 0 aliphatic carbocycles. The fourth-order valence-electron chi connectivity index (χ4n) is 1.94. The van der Waals surface area contributed by atoms with Gasteiger partial charge in [0, 0.05) is 13.1 Å². The first-order valence-corrected chi connectivity index (χ1v) is 7.00. The molecular formula is C17H21NO3. The standard InChI is InChI=1S/C17H21NO3/c1-20-15-7-9-16(10-8-15)21-12-11-18-13-17(19)14-5-3-2-4-6-14/h2-10,17-19H,11-13H2,1H3. The lowest BCUT2D eigenvalue weighted by Crippen LogP contribution is -2.26. The fraction of sp³-hybridized carbons (Fsp3) is 0.294. The second kappa shape index (κ2) is 8.29. The van der Waals surface area contributed by atoms with Crippen LogP contribution in [0, 0.1) is 0 Å². The fourth-order valence-corrected chi connectivity index (χ4v) is 1.94. The Morgan fingerprint density at radius 1 is 1.00 bits per heavy atom. The van der Waals surface area contributed by atoms with Crippen molar-refractivity contribution in [3.8, 4) is 11.5 Å². The Morgan fingerprint density at radius 3 is 2.33 bits per heavy atom. The van der Waals surface area contributed by atoms with Gasteiger partial charge in [-0.05, 0) is 29.8 Å². The van der Waals surface area contributed by atoms with E-state index in [1.807, 2.05) is 54.6 Å². The molecule has 0 saturated carbocycles. The van der Waals surface area contributed by atoms with E-state index in [2.05, 4.69) is 5.32 Å². The summed E-state index contributed by atoms with van der Waals surface area (Å²) < 4.78 is 10.7. The first kappa shape index (κ1) is 15.4. The van der Waals surface area contributed by atoms with Gasteiger partial charge in [-0.1, -0.05) is 30.3 Å². The average Bonchev–Trinajstić information content (AvgIpc) is 2.55. The smallest absolute Gasteiger partial charge is 0.119 e. The number of nitrogens with one attached hydrogen (secondary N) is 1. The molecule has 2 N–H and O–H groups in total. The van der Waals surface area contributed by atoms with E-state index in [9.17, 15) is 5.11 Å². The van der Waals surface area contributed by atoms with Crippen LogP contribution in [0.4, 0.5) is 0 Å².